The molecule has 2 aromatic carbocycles. The lowest BCUT2D eigenvalue weighted by Gasteiger charge is -2.31. The summed E-state index contributed by atoms with van der Waals surface area (Å²) in [5, 5.41) is 3.47. The van der Waals surface area contributed by atoms with Crippen molar-refractivity contribution in [3.8, 4) is 5.75 Å². The molecule has 0 saturated carbocycles. The number of carbonyl (C=O) groups excluding carboxylic acids is 2. The van der Waals surface area contributed by atoms with Crippen molar-refractivity contribution in [2.75, 3.05) is 13.2 Å². The summed E-state index contributed by atoms with van der Waals surface area (Å²) in [5.74, 6) is 0.255. The first-order valence-corrected chi connectivity index (χ1v) is 10.8. The highest BCUT2D eigenvalue weighted by Gasteiger charge is 2.29. The van der Waals surface area contributed by atoms with E-state index in [2.05, 4.69) is 5.32 Å². The van der Waals surface area contributed by atoms with Crippen LogP contribution in [0, 0.1) is 13.8 Å². The predicted molar refractivity (Wildman–Crippen MR) is 121 cm³/mol. The highest BCUT2D eigenvalue weighted by molar-refractivity contribution is 6.31. The number of amides is 2. The van der Waals surface area contributed by atoms with Gasteiger partial charge in [-0.05, 0) is 55.5 Å². The maximum Gasteiger partial charge on any atom is 0.261 e. The Hall–Kier alpha value is -2.53. The lowest BCUT2D eigenvalue weighted by Crippen LogP contribution is -2.50. The standard InChI is InChI=1S/C24H31ClN2O3/c1-5-14-26-24(29)21(6-2)27(15-19-11-7-8-12-20(19)25)23(28)16-30-22-13-9-10-17(3)18(22)4/h7-13,21H,5-6,14-16H2,1-4H3,(H,26,29). The SMILES string of the molecule is CCCNC(=O)C(CC)N(Cc1ccccc1Cl)C(=O)COc1cccc(C)c1C. The van der Waals surface area contributed by atoms with Crippen LogP contribution in [-0.4, -0.2) is 35.9 Å². The number of carbonyl (C=O) groups is 2. The molecule has 0 aliphatic rings. The molecule has 6 heteroatoms. The summed E-state index contributed by atoms with van der Waals surface area (Å²) >= 11 is 6.33. The number of benzene rings is 2. The molecule has 0 bridgehead atoms. The molecule has 2 aromatic rings. The fraction of sp³-hybridized carbons (Fsp3) is 0.417. The number of rotatable bonds is 10. The number of ether oxygens (including phenoxy) is 1. The van der Waals surface area contributed by atoms with Gasteiger partial charge >= 0.3 is 0 Å². The molecule has 1 unspecified atom stereocenters. The highest BCUT2D eigenvalue weighted by Crippen LogP contribution is 2.22. The van der Waals surface area contributed by atoms with E-state index in [4.69, 9.17) is 16.3 Å². The quantitative estimate of drug-likeness (QED) is 0.595. The van der Waals surface area contributed by atoms with E-state index in [1.807, 2.05) is 64.1 Å². The molecule has 2 amide bonds. The van der Waals surface area contributed by atoms with Crippen molar-refractivity contribution < 1.29 is 14.3 Å². The number of aryl methyl sites for hydroxylation is 1. The number of nitrogens with one attached hydrogen (secondary N) is 1. The number of hydrogen-bond acceptors (Lipinski definition) is 3. The Morgan fingerprint density at radius 2 is 1.83 bits per heavy atom. The van der Waals surface area contributed by atoms with E-state index in [1.54, 1.807) is 11.0 Å². The number of halogens is 1. The molecule has 2 rings (SSSR count). The van der Waals surface area contributed by atoms with Gasteiger partial charge in [0.2, 0.25) is 5.91 Å². The largest absolute Gasteiger partial charge is 0.483 e. The summed E-state index contributed by atoms with van der Waals surface area (Å²) in [5.41, 5.74) is 2.88. The summed E-state index contributed by atoms with van der Waals surface area (Å²) in [6, 6.07) is 12.5. The van der Waals surface area contributed by atoms with Crippen LogP contribution in [-0.2, 0) is 16.1 Å². The van der Waals surface area contributed by atoms with Gasteiger partial charge in [-0.1, -0.05) is 55.8 Å². The molecule has 5 nitrogen and oxygen atoms in total. The van der Waals surface area contributed by atoms with Gasteiger partial charge in [-0.25, -0.2) is 0 Å². The van der Waals surface area contributed by atoms with Gasteiger partial charge in [0.05, 0.1) is 0 Å². The second kappa shape index (κ2) is 11.6. The van der Waals surface area contributed by atoms with Gasteiger partial charge < -0.3 is 15.0 Å². The van der Waals surface area contributed by atoms with Crippen LogP contribution in [0.1, 0.15) is 43.4 Å². The number of nitrogens with zero attached hydrogens (tertiary/aromatic N) is 1. The molecule has 0 radical (unpaired) electrons. The Labute approximate surface area is 184 Å². The van der Waals surface area contributed by atoms with Gasteiger partial charge in [0.1, 0.15) is 11.8 Å². The highest BCUT2D eigenvalue weighted by atomic mass is 35.5. The van der Waals surface area contributed by atoms with Crippen LogP contribution >= 0.6 is 11.6 Å². The van der Waals surface area contributed by atoms with Crippen LogP contribution in [0.5, 0.6) is 5.75 Å². The van der Waals surface area contributed by atoms with Crippen LogP contribution in [0.2, 0.25) is 5.02 Å². The molecular weight excluding hydrogens is 400 g/mol. The van der Waals surface area contributed by atoms with Crippen molar-refractivity contribution in [1.29, 1.82) is 0 Å². The topological polar surface area (TPSA) is 58.6 Å². The van der Waals surface area contributed by atoms with Gasteiger partial charge in [-0.3, -0.25) is 9.59 Å². The Morgan fingerprint density at radius 3 is 2.50 bits per heavy atom. The molecule has 0 spiro atoms. The Kier molecular flexibility index (Phi) is 9.18. The first-order valence-electron chi connectivity index (χ1n) is 10.4. The predicted octanol–water partition coefficient (Wildman–Crippen LogP) is 4.67. The summed E-state index contributed by atoms with van der Waals surface area (Å²) in [6.07, 6.45) is 1.32. The summed E-state index contributed by atoms with van der Waals surface area (Å²) in [6.45, 7) is 8.52. The number of hydrogen-bond donors (Lipinski definition) is 1. The average Bonchev–Trinajstić information content (AvgIpc) is 2.74. The van der Waals surface area contributed by atoms with Crippen molar-refractivity contribution in [3.05, 3.63) is 64.2 Å². The minimum Gasteiger partial charge on any atom is -0.483 e. The Bertz CT molecular complexity index is 869. The van der Waals surface area contributed by atoms with E-state index in [-0.39, 0.29) is 25.0 Å². The van der Waals surface area contributed by atoms with Crippen molar-refractivity contribution in [2.24, 2.45) is 0 Å². The van der Waals surface area contributed by atoms with Crippen molar-refractivity contribution >= 4 is 23.4 Å². The van der Waals surface area contributed by atoms with E-state index in [1.165, 1.54) is 0 Å². The van der Waals surface area contributed by atoms with Crippen LogP contribution in [0.3, 0.4) is 0 Å². The monoisotopic (exact) mass is 430 g/mol. The molecule has 0 aromatic heterocycles. The molecule has 0 fully saturated rings. The smallest absolute Gasteiger partial charge is 0.261 e. The summed E-state index contributed by atoms with van der Waals surface area (Å²) < 4.78 is 5.83. The van der Waals surface area contributed by atoms with E-state index < -0.39 is 6.04 Å². The fourth-order valence-electron chi connectivity index (χ4n) is 3.20. The molecule has 0 heterocycles. The maximum atomic E-state index is 13.2. The van der Waals surface area contributed by atoms with Crippen LogP contribution < -0.4 is 10.1 Å². The lowest BCUT2D eigenvalue weighted by atomic mass is 10.1. The fourth-order valence-corrected chi connectivity index (χ4v) is 3.39. The van der Waals surface area contributed by atoms with E-state index in [0.717, 1.165) is 23.1 Å². The second-order valence-corrected chi connectivity index (χ2v) is 7.72. The molecule has 0 aliphatic carbocycles. The van der Waals surface area contributed by atoms with E-state index in [0.29, 0.717) is 23.7 Å². The van der Waals surface area contributed by atoms with E-state index in [9.17, 15) is 9.59 Å². The molecule has 30 heavy (non-hydrogen) atoms. The van der Waals surface area contributed by atoms with Crippen LogP contribution in [0.25, 0.3) is 0 Å². The molecule has 0 aliphatic heterocycles. The maximum absolute atomic E-state index is 13.2. The molecule has 1 N–H and O–H groups in total. The second-order valence-electron chi connectivity index (χ2n) is 7.31. The minimum absolute atomic E-state index is 0.147. The Morgan fingerprint density at radius 1 is 1.10 bits per heavy atom. The van der Waals surface area contributed by atoms with Gasteiger partial charge in [0.25, 0.3) is 5.91 Å². The molecular formula is C24H31ClN2O3. The van der Waals surface area contributed by atoms with Crippen molar-refractivity contribution in [3.63, 3.8) is 0 Å². The zero-order chi connectivity index (χ0) is 22.1. The summed E-state index contributed by atoms with van der Waals surface area (Å²) in [4.78, 5) is 27.5. The third-order valence-electron chi connectivity index (χ3n) is 5.14. The minimum atomic E-state index is -0.595. The third-order valence-corrected chi connectivity index (χ3v) is 5.51. The van der Waals surface area contributed by atoms with Crippen LogP contribution in [0.15, 0.2) is 42.5 Å². The van der Waals surface area contributed by atoms with Crippen molar-refractivity contribution in [2.45, 2.75) is 53.1 Å². The third kappa shape index (κ3) is 6.23. The van der Waals surface area contributed by atoms with E-state index >= 15 is 0 Å². The normalized spacial score (nSPS) is 11.6. The first kappa shape index (κ1) is 23.7. The van der Waals surface area contributed by atoms with Gasteiger partial charge in [-0.15, -0.1) is 0 Å². The lowest BCUT2D eigenvalue weighted by molar-refractivity contribution is -0.143. The first-order chi connectivity index (χ1) is 14.4. The molecule has 1 atom stereocenters. The molecule has 162 valence electrons. The van der Waals surface area contributed by atoms with Crippen molar-refractivity contribution in [1.82, 2.24) is 10.2 Å². The summed E-state index contributed by atoms with van der Waals surface area (Å²) in [7, 11) is 0. The van der Waals surface area contributed by atoms with Crippen LogP contribution in [0.4, 0.5) is 0 Å². The van der Waals surface area contributed by atoms with Gasteiger partial charge in [0.15, 0.2) is 6.61 Å². The van der Waals surface area contributed by atoms with Gasteiger partial charge in [-0.2, -0.15) is 0 Å². The average molecular weight is 431 g/mol. The Balaban J connectivity index is 2.24. The zero-order valence-corrected chi connectivity index (χ0v) is 19.0. The zero-order valence-electron chi connectivity index (χ0n) is 18.2. The van der Waals surface area contributed by atoms with Gasteiger partial charge in [0, 0.05) is 18.1 Å². The molecule has 0 saturated heterocycles.